The van der Waals surface area contributed by atoms with E-state index in [4.69, 9.17) is 23.2 Å². The predicted molar refractivity (Wildman–Crippen MR) is 59.3 cm³/mol. The average Bonchev–Trinajstić information content (AvgIpc) is 2.30. The number of nitrogens with zero attached hydrogens (tertiary/aromatic N) is 2. The van der Waals surface area contributed by atoms with E-state index in [2.05, 4.69) is 15.5 Å². The quantitative estimate of drug-likeness (QED) is 0.820. The molecule has 0 saturated carbocycles. The molecule has 0 aromatic carbocycles. The second-order valence-corrected chi connectivity index (χ2v) is 3.95. The van der Waals surface area contributed by atoms with E-state index in [1.807, 2.05) is 0 Å². The van der Waals surface area contributed by atoms with Gasteiger partial charge in [-0.2, -0.15) is 10.2 Å². The number of amides is 1. The van der Waals surface area contributed by atoms with Crippen LogP contribution in [0.15, 0.2) is 18.5 Å². The Morgan fingerprint density at radius 2 is 2.13 bits per heavy atom. The van der Waals surface area contributed by atoms with Crippen LogP contribution in [0.25, 0.3) is 0 Å². The Kier molecular flexibility index (Phi) is 4.29. The predicted octanol–water partition coefficient (Wildman–Crippen LogP) is 1.44. The normalized spacial score (nSPS) is 11.1. The van der Waals surface area contributed by atoms with Crippen molar-refractivity contribution in [1.82, 2.24) is 15.5 Å². The van der Waals surface area contributed by atoms with Crippen molar-refractivity contribution in [3.05, 3.63) is 24.0 Å². The van der Waals surface area contributed by atoms with Crippen LogP contribution in [0.3, 0.4) is 0 Å². The molecule has 1 rings (SSSR count). The lowest BCUT2D eigenvalue weighted by atomic mass is 10.1. The molecule has 1 heterocycles. The Morgan fingerprint density at radius 3 is 2.60 bits per heavy atom. The molecule has 1 amide bonds. The second kappa shape index (κ2) is 5.28. The Labute approximate surface area is 98.0 Å². The van der Waals surface area contributed by atoms with E-state index < -0.39 is 5.54 Å². The fourth-order valence-corrected chi connectivity index (χ4v) is 1.29. The third-order valence-corrected chi connectivity index (χ3v) is 3.03. The van der Waals surface area contributed by atoms with Crippen molar-refractivity contribution in [2.24, 2.45) is 0 Å². The molecule has 0 bridgehead atoms. The van der Waals surface area contributed by atoms with Gasteiger partial charge in [0, 0.05) is 11.8 Å². The monoisotopic (exact) mass is 247 g/mol. The summed E-state index contributed by atoms with van der Waals surface area (Å²) in [5.41, 5.74) is -0.171. The SMILES string of the molecule is CC(CCl)(CCl)NC(=O)c1ccnnc1. The van der Waals surface area contributed by atoms with Crippen LogP contribution in [0.2, 0.25) is 0 Å². The van der Waals surface area contributed by atoms with Crippen LogP contribution in [0.1, 0.15) is 17.3 Å². The minimum Gasteiger partial charge on any atom is -0.344 e. The van der Waals surface area contributed by atoms with Crippen molar-refractivity contribution >= 4 is 29.1 Å². The van der Waals surface area contributed by atoms with Crippen LogP contribution in [-0.2, 0) is 0 Å². The summed E-state index contributed by atoms with van der Waals surface area (Å²) < 4.78 is 0. The Balaban J connectivity index is 2.72. The number of carbonyl (C=O) groups is 1. The largest absolute Gasteiger partial charge is 0.344 e. The van der Waals surface area contributed by atoms with Gasteiger partial charge in [-0.1, -0.05) is 0 Å². The maximum atomic E-state index is 11.7. The molecule has 0 radical (unpaired) electrons. The minimum atomic E-state index is -0.608. The van der Waals surface area contributed by atoms with Gasteiger partial charge in [-0.25, -0.2) is 0 Å². The van der Waals surface area contributed by atoms with E-state index in [1.54, 1.807) is 13.0 Å². The molecule has 82 valence electrons. The van der Waals surface area contributed by atoms with Crippen LogP contribution in [0, 0.1) is 0 Å². The molecule has 0 fully saturated rings. The van der Waals surface area contributed by atoms with E-state index in [-0.39, 0.29) is 17.7 Å². The molecule has 0 atom stereocenters. The molecule has 0 aliphatic carbocycles. The molecule has 15 heavy (non-hydrogen) atoms. The first-order valence-corrected chi connectivity index (χ1v) is 5.39. The molecule has 0 aliphatic heterocycles. The molecule has 0 aliphatic rings. The Hall–Kier alpha value is -0.870. The number of hydrogen-bond acceptors (Lipinski definition) is 3. The van der Waals surface area contributed by atoms with Crippen molar-refractivity contribution in [2.45, 2.75) is 12.5 Å². The number of aromatic nitrogens is 2. The summed E-state index contributed by atoms with van der Waals surface area (Å²) in [5, 5.41) is 9.93. The Bertz CT molecular complexity index is 327. The van der Waals surface area contributed by atoms with Crippen molar-refractivity contribution in [1.29, 1.82) is 0 Å². The first kappa shape index (κ1) is 12.2. The van der Waals surface area contributed by atoms with E-state index in [9.17, 15) is 4.79 Å². The van der Waals surface area contributed by atoms with Gasteiger partial charge in [-0.3, -0.25) is 4.79 Å². The van der Waals surface area contributed by atoms with Crippen molar-refractivity contribution in [3.63, 3.8) is 0 Å². The maximum Gasteiger partial charge on any atom is 0.253 e. The van der Waals surface area contributed by atoms with Gasteiger partial charge < -0.3 is 5.32 Å². The number of halogens is 2. The molecule has 1 aromatic rings. The van der Waals surface area contributed by atoms with Gasteiger partial charge in [0.05, 0.1) is 23.5 Å². The first-order valence-electron chi connectivity index (χ1n) is 4.32. The summed E-state index contributed by atoms with van der Waals surface area (Å²) in [4.78, 5) is 11.7. The lowest BCUT2D eigenvalue weighted by Crippen LogP contribution is -2.49. The maximum absolute atomic E-state index is 11.7. The van der Waals surface area contributed by atoms with E-state index in [0.717, 1.165) is 0 Å². The molecule has 0 spiro atoms. The van der Waals surface area contributed by atoms with Gasteiger partial charge in [-0.15, -0.1) is 23.2 Å². The van der Waals surface area contributed by atoms with Crippen LogP contribution in [-0.4, -0.2) is 33.4 Å². The third-order valence-electron chi connectivity index (χ3n) is 1.85. The van der Waals surface area contributed by atoms with Crippen molar-refractivity contribution in [3.8, 4) is 0 Å². The number of alkyl halides is 2. The van der Waals surface area contributed by atoms with Gasteiger partial charge in [0.15, 0.2) is 0 Å². The highest BCUT2D eigenvalue weighted by molar-refractivity contribution is 6.22. The van der Waals surface area contributed by atoms with Gasteiger partial charge in [-0.05, 0) is 13.0 Å². The standard InChI is InChI=1S/C9H11Cl2N3O/c1-9(5-10,6-11)14-8(15)7-2-3-12-13-4-7/h2-4H,5-6H2,1H3,(H,14,15). The number of carbonyl (C=O) groups excluding carboxylic acids is 1. The molecule has 0 unspecified atom stereocenters. The molecular formula is C9H11Cl2N3O. The molecular weight excluding hydrogens is 237 g/mol. The van der Waals surface area contributed by atoms with Gasteiger partial charge in [0.2, 0.25) is 0 Å². The van der Waals surface area contributed by atoms with E-state index in [1.165, 1.54) is 12.4 Å². The summed E-state index contributed by atoms with van der Waals surface area (Å²) in [6.45, 7) is 1.78. The number of nitrogens with one attached hydrogen (secondary N) is 1. The van der Waals surface area contributed by atoms with Gasteiger partial charge in [0.25, 0.3) is 5.91 Å². The molecule has 6 heteroatoms. The van der Waals surface area contributed by atoms with Crippen LogP contribution in [0.5, 0.6) is 0 Å². The van der Waals surface area contributed by atoms with E-state index >= 15 is 0 Å². The lowest BCUT2D eigenvalue weighted by molar-refractivity contribution is 0.0921. The van der Waals surface area contributed by atoms with Gasteiger partial charge in [0.1, 0.15) is 0 Å². The second-order valence-electron chi connectivity index (χ2n) is 3.41. The van der Waals surface area contributed by atoms with Crippen LogP contribution >= 0.6 is 23.2 Å². The summed E-state index contributed by atoms with van der Waals surface area (Å²) in [7, 11) is 0. The van der Waals surface area contributed by atoms with Gasteiger partial charge >= 0.3 is 0 Å². The number of rotatable bonds is 4. The zero-order chi connectivity index (χ0) is 11.3. The van der Waals surface area contributed by atoms with Crippen LogP contribution in [0.4, 0.5) is 0 Å². The summed E-state index contributed by atoms with van der Waals surface area (Å²) in [6, 6.07) is 1.57. The highest BCUT2D eigenvalue weighted by atomic mass is 35.5. The summed E-state index contributed by atoms with van der Waals surface area (Å²) in [6.07, 6.45) is 2.84. The topological polar surface area (TPSA) is 54.9 Å². The Morgan fingerprint density at radius 1 is 1.47 bits per heavy atom. The fraction of sp³-hybridized carbons (Fsp3) is 0.444. The minimum absolute atomic E-state index is 0.251. The fourth-order valence-electron chi connectivity index (χ4n) is 0.874. The summed E-state index contributed by atoms with van der Waals surface area (Å²) >= 11 is 11.4. The summed E-state index contributed by atoms with van der Waals surface area (Å²) in [5.74, 6) is 0.246. The number of hydrogen-bond donors (Lipinski definition) is 1. The first-order chi connectivity index (χ1) is 7.11. The zero-order valence-electron chi connectivity index (χ0n) is 8.20. The molecule has 1 aromatic heterocycles. The van der Waals surface area contributed by atoms with E-state index in [0.29, 0.717) is 5.56 Å². The third kappa shape index (κ3) is 3.32. The average molecular weight is 248 g/mol. The highest BCUT2D eigenvalue weighted by Gasteiger charge is 2.24. The lowest BCUT2D eigenvalue weighted by Gasteiger charge is -2.25. The smallest absolute Gasteiger partial charge is 0.253 e. The molecule has 4 nitrogen and oxygen atoms in total. The van der Waals surface area contributed by atoms with Crippen LogP contribution < -0.4 is 5.32 Å². The highest BCUT2D eigenvalue weighted by Crippen LogP contribution is 2.10. The zero-order valence-corrected chi connectivity index (χ0v) is 9.72. The van der Waals surface area contributed by atoms with Crippen molar-refractivity contribution < 1.29 is 4.79 Å². The molecule has 1 N–H and O–H groups in total. The molecule has 0 saturated heterocycles. The van der Waals surface area contributed by atoms with Crippen molar-refractivity contribution in [2.75, 3.05) is 11.8 Å².